The molecule has 4 heteroatoms. The molecule has 0 spiro atoms. The van der Waals surface area contributed by atoms with Gasteiger partial charge in [-0.1, -0.05) is 58.9 Å². The van der Waals surface area contributed by atoms with Crippen molar-refractivity contribution in [2.24, 2.45) is 5.92 Å². The Kier molecular flexibility index (Phi) is 13.2. The molecule has 0 atom stereocenters. The van der Waals surface area contributed by atoms with Gasteiger partial charge in [0, 0.05) is 29.9 Å². The monoisotopic (exact) mass is 431 g/mol. The Morgan fingerprint density at radius 3 is 2.27 bits per heavy atom. The summed E-state index contributed by atoms with van der Waals surface area (Å²) in [6, 6.07) is 13.1. The number of pyridine rings is 2. The fourth-order valence-corrected chi connectivity index (χ4v) is 3.66. The number of rotatable bonds is 3. The Morgan fingerprint density at radius 2 is 1.63 bits per heavy atom. The summed E-state index contributed by atoms with van der Waals surface area (Å²) in [5.74, 6) is 0.885. The van der Waals surface area contributed by atoms with E-state index in [2.05, 4.69) is 54.1 Å². The molecule has 3 aromatic rings. The maximum atomic E-state index is 4.85. The minimum absolute atomic E-state index is 0. The maximum Gasteiger partial charge on any atom is 1.00 e. The summed E-state index contributed by atoms with van der Waals surface area (Å²) in [6.45, 7) is 16.0. The molecule has 2 aromatic heterocycles. The van der Waals surface area contributed by atoms with Crippen LogP contribution in [0.2, 0.25) is 0 Å². The van der Waals surface area contributed by atoms with E-state index in [0.717, 1.165) is 29.1 Å². The number of hydrogen-bond donors (Lipinski definition) is 0. The number of nitrogens with zero attached hydrogens (tertiary/aromatic N) is 3. The molecule has 0 N–H and O–H groups in total. The largest absolute Gasteiger partial charge is 1.00 e. The molecule has 1 aliphatic rings. The number of hydrogen-bond acceptors (Lipinski definition) is 3. The van der Waals surface area contributed by atoms with Crippen LogP contribution in [0.5, 0.6) is 0 Å². The van der Waals surface area contributed by atoms with Crippen LogP contribution in [0.1, 0.15) is 60.0 Å². The second-order valence-electron chi connectivity index (χ2n) is 7.38. The zero-order valence-corrected chi connectivity index (χ0v) is 23.2. The standard InChI is InChI=1S/C22H25N3.2C2H6.K.H/c1-16-8-11-25(12-9-16)15-18-3-5-19(6-4-18)22-17(2)13-20-14-23-10-7-21(20)24-22;2*1-2;;/h3-7,10,13-14,16H,8-9,11-12,15H2,1-2H3;2*1-2H3;;/q;;;+1;-1. The number of aryl methyl sites for hydroxylation is 1. The molecule has 0 saturated carbocycles. The van der Waals surface area contributed by atoms with Gasteiger partial charge in [0.05, 0.1) is 11.2 Å². The number of aromatic nitrogens is 2. The van der Waals surface area contributed by atoms with Crippen LogP contribution >= 0.6 is 0 Å². The molecule has 158 valence electrons. The molecule has 3 heterocycles. The van der Waals surface area contributed by atoms with Gasteiger partial charge in [0.2, 0.25) is 0 Å². The van der Waals surface area contributed by atoms with Gasteiger partial charge in [-0.15, -0.1) is 0 Å². The van der Waals surface area contributed by atoms with E-state index in [9.17, 15) is 0 Å². The van der Waals surface area contributed by atoms with Crippen molar-refractivity contribution < 1.29 is 52.8 Å². The topological polar surface area (TPSA) is 29.0 Å². The van der Waals surface area contributed by atoms with Crippen LogP contribution in [-0.4, -0.2) is 28.0 Å². The second-order valence-corrected chi connectivity index (χ2v) is 7.38. The third kappa shape index (κ3) is 7.51. The average Bonchev–Trinajstić information content (AvgIpc) is 2.78. The van der Waals surface area contributed by atoms with Gasteiger partial charge in [-0.2, -0.15) is 0 Å². The molecule has 1 aromatic carbocycles. The number of fused-ring (bicyclic) bond motifs is 1. The second kappa shape index (κ2) is 14.4. The first kappa shape index (κ1) is 27.4. The molecule has 30 heavy (non-hydrogen) atoms. The van der Waals surface area contributed by atoms with E-state index in [-0.39, 0.29) is 52.8 Å². The van der Waals surface area contributed by atoms with Gasteiger partial charge in [-0.3, -0.25) is 9.88 Å². The number of likely N-dealkylation sites (tertiary alicyclic amines) is 1. The summed E-state index contributed by atoms with van der Waals surface area (Å²) in [5, 5.41) is 1.10. The Bertz CT molecular complexity index is 875. The van der Waals surface area contributed by atoms with Crippen LogP contribution in [0, 0.1) is 12.8 Å². The molecule has 1 aliphatic heterocycles. The Labute approximate surface area is 227 Å². The first-order valence-corrected chi connectivity index (χ1v) is 11.2. The summed E-state index contributed by atoms with van der Waals surface area (Å²) in [7, 11) is 0. The molecule has 0 bridgehead atoms. The molecule has 3 nitrogen and oxygen atoms in total. The zero-order valence-electron chi connectivity index (χ0n) is 21.1. The Balaban J connectivity index is 0.00000142. The van der Waals surface area contributed by atoms with Crippen molar-refractivity contribution in [2.45, 2.75) is 60.9 Å². The molecule has 0 aliphatic carbocycles. The van der Waals surface area contributed by atoms with E-state index >= 15 is 0 Å². The molecule has 0 radical (unpaired) electrons. The Morgan fingerprint density at radius 1 is 1.00 bits per heavy atom. The molecule has 0 unspecified atom stereocenters. The summed E-state index contributed by atoms with van der Waals surface area (Å²) in [5.41, 5.74) is 5.84. The third-order valence-electron chi connectivity index (χ3n) is 5.32. The van der Waals surface area contributed by atoms with E-state index in [0.29, 0.717) is 0 Å². The minimum Gasteiger partial charge on any atom is -1.00 e. The Hall–Kier alpha value is -0.624. The van der Waals surface area contributed by atoms with E-state index in [1.165, 1.54) is 42.6 Å². The van der Waals surface area contributed by atoms with Crippen molar-refractivity contribution in [1.82, 2.24) is 14.9 Å². The van der Waals surface area contributed by atoms with Crippen molar-refractivity contribution >= 4 is 10.9 Å². The molecular formula is C26H38KN3. The third-order valence-corrected chi connectivity index (χ3v) is 5.32. The normalized spacial score (nSPS) is 14.1. The summed E-state index contributed by atoms with van der Waals surface area (Å²) in [4.78, 5) is 11.6. The molecule has 0 amide bonds. The van der Waals surface area contributed by atoms with Crippen molar-refractivity contribution in [1.29, 1.82) is 0 Å². The average molecular weight is 432 g/mol. The van der Waals surface area contributed by atoms with E-state index < -0.39 is 0 Å². The zero-order chi connectivity index (χ0) is 21.2. The first-order valence-electron chi connectivity index (χ1n) is 11.2. The van der Waals surface area contributed by atoms with Gasteiger partial charge in [-0.05, 0) is 62.0 Å². The van der Waals surface area contributed by atoms with Crippen LogP contribution in [0.3, 0.4) is 0 Å². The van der Waals surface area contributed by atoms with Gasteiger partial charge in [0.15, 0.2) is 0 Å². The van der Waals surface area contributed by atoms with Crippen molar-refractivity contribution in [2.75, 3.05) is 13.1 Å². The fraction of sp³-hybridized carbons (Fsp3) is 0.462. The molecule has 1 saturated heterocycles. The molecule has 4 rings (SSSR count). The van der Waals surface area contributed by atoms with Gasteiger partial charge in [-0.25, -0.2) is 4.98 Å². The van der Waals surface area contributed by atoms with E-state index in [1.54, 1.807) is 6.20 Å². The summed E-state index contributed by atoms with van der Waals surface area (Å²) < 4.78 is 0. The summed E-state index contributed by atoms with van der Waals surface area (Å²) >= 11 is 0. The van der Waals surface area contributed by atoms with Crippen LogP contribution in [0.4, 0.5) is 0 Å². The number of piperidine rings is 1. The predicted molar refractivity (Wildman–Crippen MR) is 127 cm³/mol. The van der Waals surface area contributed by atoms with Crippen LogP contribution < -0.4 is 51.4 Å². The van der Waals surface area contributed by atoms with E-state index in [1.807, 2.05) is 40.0 Å². The van der Waals surface area contributed by atoms with Crippen LogP contribution in [0.15, 0.2) is 48.8 Å². The van der Waals surface area contributed by atoms with Gasteiger partial charge in [0.1, 0.15) is 0 Å². The van der Waals surface area contributed by atoms with Crippen molar-refractivity contribution in [3.63, 3.8) is 0 Å². The first-order chi connectivity index (χ1) is 14.2. The van der Waals surface area contributed by atoms with Gasteiger partial charge >= 0.3 is 51.4 Å². The van der Waals surface area contributed by atoms with E-state index in [4.69, 9.17) is 4.98 Å². The van der Waals surface area contributed by atoms with Crippen molar-refractivity contribution in [3.8, 4) is 11.3 Å². The van der Waals surface area contributed by atoms with Crippen molar-refractivity contribution in [3.05, 3.63) is 59.9 Å². The van der Waals surface area contributed by atoms with Gasteiger partial charge in [0.25, 0.3) is 0 Å². The summed E-state index contributed by atoms with van der Waals surface area (Å²) in [6.07, 6.45) is 6.33. The molecule has 1 fully saturated rings. The predicted octanol–water partition coefficient (Wildman–Crippen LogP) is 4.01. The van der Waals surface area contributed by atoms with Gasteiger partial charge < -0.3 is 1.43 Å². The minimum atomic E-state index is 0. The fourth-order valence-electron chi connectivity index (χ4n) is 3.66. The number of benzene rings is 1. The van der Waals surface area contributed by atoms with Crippen LogP contribution in [-0.2, 0) is 6.54 Å². The smallest absolute Gasteiger partial charge is 1.00 e. The van der Waals surface area contributed by atoms with Crippen LogP contribution in [0.25, 0.3) is 22.2 Å². The quantitative estimate of drug-likeness (QED) is 0.587. The SMILES string of the molecule is CC.CC.Cc1cc2cnccc2nc1-c1ccc(CN2CCC(C)CC2)cc1.[H-].[K+]. The molecular weight excluding hydrogens is 393 g/mol. The maximum absolute atomic E-state index is 4.85.